The molecule has 1 amide bonds. The molecule has 2 aromatic heterocycles. The molecule has 0 spiro atoms. The molecule has 4 rings (SSSR count). The van der Waals surface area contributed by atoms with E-state index in [0.29, 0.717) is 22.8 Å². The second kappa shape index (κ2) is 9.38. The summed E-state index contributed by atoms with van der Waals surface area (Å²) < 4.78 is 1.89. The van der Waals surface area contributed by atoms with Gasteiger partial charge in [-0.25, -0.2) is 4.98 Å². The number of hydrogen-bond donors (Lipinski definition) is 1. The van der Waals surface area contributed by atoms with Gasteiger partial charge in [-0.15, -0.1) is 0 Å². The molecule has 1 aliphatic rings. The van der Waals surface area contributed by atoms with Gasteiger partial charge >= 0.3 is 0 Å². The summed E-state index contributed by atoms with van der Waals surface area (Å²) in [5.41, 5.74) is 1.52. The summed E-state index contributed by atoms with van der Waals surface area (Å²) in [4.78, 5) is 36.2. The van der Waals surface area contributed by atoms with Crippen molar-refractivity contribution in [1.82, 2.24) is 19.9 Å². The zero-order chi connectivity index (χ0) is 20.9. The number of carbonyl (C=O) groups excluding carboxylic acids is 1. The highest BCUT2D eigenvalue weighted by Gasteiger charge is 2.21. The normalized spacial score (nSPS) is 16.7. The highest BCUT2D eigenvalue weighted by molar-refractivity contribution is 7.22. The molecular weight excluding hydrogens is 398 g/mol. The van der Waals surface area contributed by atoms with Crippen LogP contribution >= 0.6 is 11.3 Å². The van der Waals surface area contributed by atoms with Crippen molar-refractivity contribution in [2.75, 3.05) is 24.5 Å². The minimum atomic E-state index is -0.201. The van der Waals surface area contributed by atoms with Crippen molar-refractivity contribution in [2.24, 2.45) is 5.92 Å². The minimum absolute atomic E-state index is 0.0267. The van der Waals surface area contributed by atoms with Gasteiger partial charge in [-0.3, -0.25) is 14.2 Å². The zero-order valence-corrected chi connectivity index (χ0v) is 18.0. The van der Waals surface area contributed by atoms with E-state index in [2.05, 4.69) is 39.2 Å². The topological polar surface area (TPSA) is 80.1 Å². The molecule has 1 saturated heterocycles. The van der Waals surface area contributed by atoms with Crippen LogP contribution in [0, 0.1) is 5.92 Å². The fraction of sp³-hybridized carbons (Fsp3) is 0.455. The van der Waals surface area contributed by atoms with E-state index in [1.54, 1.807) is 0 Å². The number of hydrogen-bond acceptors (Lipinski definition) is 6. The number of aromatic nitrogens is 3. The first-order chi connectivity index (χ1) is 14.6. The zero-order valence-electron chi connectivity index (χ0n) is 17.2. The first kappa shape index (κ1) is 20.5. The maximum absolute atomic E-state index is 12.8. The Bertz CT molecular complexity index is 1060. The van der Waals surface area contributed by atoms with Crippen LogP contribution in [-0.2, 0) is 17.8 Å². The van der Waals surface area contributed by atoms with Crippen molar-refractivity contribution in [3.8, 4) is 0 Å². The number of aryl methyl sites for hydroxylation is 1. The molecule has 0 bridgehead atoms. The van der Waals surface area contributed by atoms with Gasteiger partial charge in [-0.2, -0.15) is 4.98 Å². The second-order valence-corrected chi connectivity index (χ2v) is 8.94. The first-order valence-electron chi connectivity index (χ1n) is 10.5. The number of nitrogens with one attached hydrogen (secondary N) is 1. The SMILES string of the molecule is CC1CCCN(c2nc3ncn(CC(=O)NCCCc4ccccc4)c(=O)c3s2)C1. The number of rotatable bonds is 7. The number of piperidine rings is 1. The molecular formula is C22H27N5O2S. The Kier molecular flexibility index (Phi) is 6.42. The molecule has 158 valence electrons. The van der Waals surface area contributed by atoms with E-state index in [4.69, 9.17) is 0 Å². The Balaban J connectivity index is 1.36. The van der Waals surface area contributed by atoms with Gasteiger partial charge in [-0.1, -0.05) is 48.6 Å². The summed E-state index contributed by atoms with van der Waals surface area (Å²) in [5.74, 6) is 0.446. The molecule has 1 unspecified atom stereocenters. The average molecular weight is 426 g/mol. The lowest BCUT2D eigenvalue weighted by Gasteiger charge is -2.30. The number of benzene rings is 1. The Morgan fingerprint density at radius 2 is 2.13 bits per heavy atom. The number of carbonyl (C=O) groups is 1. The largest absolute Gasteiger partial charge is 0.355 e. The average Bonchev–Trinajstić information content (AvgIpc) is 3.19. The smallest absolute Gasteiger partial charge is 0.273 e. The van der Waals surface area contributed by atoms with Crippen LogP contribution in [0.3, 0.4) is 0 Å². The van der Waals surface area contributed by atoms with Gasteiger partial charge in [0.2, 0.25) is 5.91 Å². The summed E-state index contributed by atoms with van der Waals surface area (Å²) in [6, 6.07) is 10.2. The molecule has 1 aliphatic heterocycles. The summed E-state index contributed by atoms with van der Waals surface area (Å²) in [6.45, 7) is 4.71. The lowest BCUT2D eigenvalue weighted by atomic mass is 10.0. The van der Waals surface area contributed by atoms with Gasteiger partial charge < -0.3 is 10.2 Å². The van der Waals surface area contributed by atoms with E-state index >= 15 is 0 Å². The van der Waals surface area contributed by atoms with Crippen LogP contribution in [-0.4, -0.2) is 40.1 Å². The van der Waals surface area contributed by atoms with Crippen molar-refractivity contribution < 1.29 is 4.79 Å². The lowest BCUT2D eigenvalue weighted by molar-refractivity contribution is -0.121. The fourth-order valence-corrected chi connectivity index (χ4v) is 4.83. The Hall–Kier alpha value is -2.74. The predicted molar refractivity (Wildman–Crippen MR) is 120 cm³/mol. The van der Waals surface area contributed by atoms with Crippen LogP contribution in [0.1, 0.15) is 31.7 Å². The van der Waals surface area contributed by atoms with Crippen LogP contribution in [0.2, 0.25) is 0 Å². The Morgan fingerprint density at radius 1 is 1.30 bits per heavy atom. The van der Waals surface area contributed by atoms with Crippen LogP contribution in [0.25, 0.3) is 10.3 Å². The number of nitrogens with zero attached hydrogens (tertiary/aromatic N) is 4. The third-order valence-corrected chi connectivity index (χ3v) is 6.51. The van der Waals surface area contributed by atoms with Crippen molar-refractivity contribution in [3.63, 3.8) is 0 Å². The van der Waals surface area contributed by atoms with Crippen molar-refractivity contribution in [1.29, 1.82) is 0 Å². The summed E-state index contributed by atoms with van der Waals surface area (Å²) in [6.07, 6.45) is 5.56. The number of fused-ring (bicyclic) bond motifs is 1. The molecule has 1 atom stereocenters. The lowest BCUT2D eigenvalue weighted by Crippen LogP contribution is -2.34. The van der Waals surface area contributed by atoms with Crippen LogP contribution < -0.4 is 15.8 Å². The van der Waals surface area contributed by atoms with E-state index in [-0.39, 0.29) is 18.0 Å². The maximum atomic E-state index is 12.8. The van der Waals surface area contributed by atoms with Crippen LogP contribution in [0.15, 0.2) is 41.5 Å². The van der Waals surface area contributed by atoms with Gasteiger partial charge in [0.05, 0.1) is 0 Å². The molecule has 3 aromatic rings. The van der Waals surface area contributed by atoms with Gasteiger partial charge in [0.25, 0.3) is 5.56 Å². The molecule has 1 fully saturated rings. The Labute approximate surface area is 179 Å². The van der Waals surface area contributed by atoms with Crippen LogP contribution in [0.4, 0.5) is 5.13 Å². The van der Waals surface area contributed by atoms with Crippen LogP contribution in [0.5, 0.6) is 0 Å². The summed E-state index contributed by atoms with van der Waals surface area (Å²) >= 11 is 1.38. The van der Waals surface area contributed by atoms with Gasteiger partial charge in [0.1, 0.15) is 17.6 Å². The predicted octanol–water partition coefficient (Wildman–Crippen LogP) is 2.84. The van der Waals surface area contributed by atoms with Crippen molar-refractivity contribution >= 4 is 32.7 Å². The van der Waals surface area contributed by atoms with Gasteiger partial charge in [0.15, 0.2) is 10.8 Å². The quantitative estimate of drug-likeness (QED) is 0.589. The molecule has 8 heteroatoms. The standard InChI is InChI=1S/C22H27N5O2S/c1-16-7-6-12-26(13-16)22-25-20-19(30-22)21(29)27(15-24-20)14-18(28)23-11-5-10-17-8-3-2-4-9-17/h2-4,8-9,15-16H,5-7,10-14H2,1H3,(H,23,28). The monoisotopic (exact) mass is 425 g/mol. The molecule has 30 heavy (non-hydrogen) atoms. The third-order valence-electron chi connectivity index (χ3n) is 5.42. The highest BCUT2D eigenvalue weighted by Crippen LogP contribution is 2.28. The van der Waals surface area contributed by atoms with E-state index in [1.807, 2.05) is 18.2 Å². The molecule has 0 radical (unpaired) electrons. The van der Waals surface area contributed by atoms with Gasteiger partial charge in [0, 0.05) is 19.6 Å². The minimum Gasteiger partial charge on any atom is -0.355 e. The Morgan fingerprint density at radius 3 is 2.93 bits per heavy atom. The van der Waals surface area contributed by atoms with E-state index < -0.39 is 0 Å². The fourth-order valence-electron chi connectivity index (χ4n) is 3.82. The second-order valence-electron chi connectivity index (χ2n) is 7.96. The number of anilines is 1. The molecule has 0 saturated carbocycles. The molecule has 1 N–H and O–H groups in total. The van der Waals surface area contributed by atoms with Crippen molar-refractivity contribution in [3.05, 3.63) is 52.6 Å². The van der Waals surface area contributed by atoms with E-state index in [1.165, 1.54) is 34.2 Å². The first-order valence-corrected chi connectivity index (χ1v) is 11.3. The summed E-state index contributed by atoms with van der Waals surface area (Å²) in [5, 5.41) is 3.74. The van der Waals surface area contributed by atoms with E-state index in [0.717, 1.165) is 37.5 Å². The van der Waals surface area contributed by atoms with E-state index in [9.17, 15) is 9.59 Å². The third kappa shape index (κ3) is 4.87. The molecule has 0 aliphatic carbocycles. The molecule has 7 nitrogen and oxygen atoms in total. The van der Waals surface area contributed by atoms with Crippen molar-refractivity contribution in [2.45, 2.75) is 39.2 Å². The molecule has 1 aromatic carbocycles. The van der Waals surface area contributed by atoms with Gasteiger partial charge in [-0.05, 0) is 37.2 Å². The number of thiazole rings is 1. The maximum Gasteiger partial charge on any atom is 0.273 e. The summed E-state index contributed by atoms with van der Waals surface area (Å²) in [7, 11) is 0. The molecule has 3 heterocycles. The highest BCUT2D eigenvalue weighted by atomic mass is 32.1. The number of amides is 1.